The molecule has 0 heterocycles. The van der Waals surface area contributed by atoms with E-state index in [0.29, 0.717) is 25.4 Å². The maximum atomic E-state index is 12.6. The fraction of sp³-hybridized carbons (Fsp3) is 0.579. The van der Waals surface area contributed by atoms with Gasteiger partial charge in [0.2, 0.25) is 11.8 Å². The summed E-state index contributed by atoms with van der Waals surface area (Å²) in [6.07, 6.45) is 3.90. The van der Waals surface area contributed by atoms with Crippen LogP contribution in [0.2, 0.25) is 0 Å². The van der Waals surface area contributed by atoms with Gasteiger partial charge in [-0.05, 0) is 37.8 Å². The van der Waals surface area contributed by atoms with E-state index in [1.54, 1.807) is 14.2 Å². The molecule has 0 atom stereocenters. The summed E-state index contributed by atoms with van der Waals surface area (Å²) < 4.78 is 10.7. The molecule has 2 aliphatic carbocycles. The molecule has 2 amide bonds. The fourth-order valence-electron chi connectivity index (χ4n) is 2.85. The predicted molar refractivity (Wildman–Crippen MR) is 93.4 cm³/mol. The van der Waals surface area contributed by atoms with E-state index in [1.807, 2.05) is 23.1 Å². The van der Waals surface area contributed by atoms with Gasteiger partial charge in [-0.2, -0.15) is 0 Å². The summed E-state index contributed by atoms with van der Waals surface area (Å²) >= 11 is 0. The second-order valence-corrected chi connectivity index (χ2v) is 6.78. The van der Waals surface area contributed by atoms with Crippen LogP contribution in [0.25, 0.3) is 0 Å². The third-order valence-corrected chi connectivity index (χ3v) is 4.72. The number of hydrogen-bond donors (Lipinski definition) is 1. The highest BCUT2D eigenvalue weighted by molar-refractivity contribution is 5.82. The molecule has 3 rings (SSSR count). The highest BCUT2D eigenvalue weighted by Gasteiger charge is 2.34. The van der Waals surface area contributed by atoms with Gasteiger partial charge >= 0.3 is 0 Å². The molecule has 0 saturated heterocycles. The first-order chi connectivity index (χ1) is 12.1. The van der Waals surface area contributed by atoms with Gasteiger partial charge in [0.1, 0.15) is 11.5 Å². The normalized spacial score (nSPS) is 16.2. The van der Waals surface area contributed by atoms with Crippen LogP contribution in [0, 0.1) is 11.8 Å². The minimum atomic E-state index is 0.112. The fourth-order valence-corrected chi connectivity index (χ4v) is 2.85. The molecule has 0 radical (unpaired) electrons. The maximum absolute atomic E-state index is 12.6. The zero-order chi connectivity index (χ0) is 17.8. The minimum Gasteiger partial charge on any atom is -0.497 e. The van der Waals surface area contributed by atoms with Gasteiger partial charge in [-0.1, -0.05) is 0 Å². The molecule has 136 valence electrons. The largest absolute Gasteiger partial charge is 0.497 e. The number of nitrogens with zero attached hydrogens (tertiary/aromatic N) is 1. The molecule has 0 aromatic heterocycles. The highest BCUT2D eigenvalue weighted by Crippen LogP contribution is 2.33. The monoisotopic (exact) mass is 346 g/mol. The number of nitrogens with one attached hydrogen (secondary N) is 1. The number of carbonyl (C=O) groups excluding carboxylic acids is 2. The number of hydrogen-bond acceptors (Lipinski definition) is 4. The summed E-state index contributed by atoms with van der Waals surface area (Å²) in [5.41, 5.74) is 0.936. The van der Waals surface area contributed by atoms with E-state index in [4.69, 9.17) is 9.47 Å². The van der Waals surface area contributed by atoms with Crippen LogP contribution >= 0.6 is 0 Å². The number of methoxy groups -OCH3 is 2. The highest BCUT2D eigenvalue weighted by atomic mass is 16.5. The Labute approximate surface area is 148 Å². The molecule has 0 aliphatic heterocycles. The van der Waals surface area contributed by atoms with E-state index >= 15 is 0 Å². The Kier molecular flexibility index (Phi) is 5.46. The van der Waals surface area contributed by atoms with Crippen molar-refractivity contribution >= 4 is 11.8 Å². The van der Waals surface area contributed by atoms with Gasteiger partial charge in [-0.25, -0.2) is 0 Å². The van der Waals surface area contributed by atoms with Crippen molar-refractivity contribution in [3.8, 4) is 11.5 Å². The Hall–Kier alpha value is -2.24. The average molecular weight is 346 g/mol. The SMILES string of the molecule is COc1ccc(CN(CCNC(=O)C2CC2)C(=O)C2CC2)c(OC)c1. The van der Waals surface area contributed by atoms with E-state index in [1.165, 1.54) is 0 Å². The molecule has 2 aliphatic rings. The zero-order valence-corrected chi connectivity index (χ0v) is 14.9. The standard InChI is InChI=1S/C19H26N2O4/c1-24-16-8-7-15(17(11-16)25-2)12-21(19(23)14-5-6-14)10-9-20-18(22)13-3-4-13/h7-8,11,13-14H,3-6,9-10,12H2,1-2H3,(H,20,22). The van der Waals surface area contributed by atoms with Crippen LogP contribution < -0.4 is 14.8 Å². The maximum Gasteiger partial charge on any atom is 0.226 e. The molecule has 1 aromatic rings. The van der Waals surface area contributed by atoms with Gasteiger partial charge in [0, 0.05) is 43.1 Å². The third kappa shape index (κ3) is 4.65. The molecule has 1 aromatic carbocycles. The molecular formula is C19H26N2O4. The Balaban J connectivity index is 1.64. The van der Waals surface area contributed by atoms with Crippen molar-refractivity contribution in [1.82, 2.24) is 10.2 Å². The summed E-state index contributed by atoms with van der Waals surface area (Å²) in [6, 6.07) is 5.62. The van der Waals surface area contributed by atoms with Crippen LogP contribution in [0.15, 0.2) is 18.2 Å². The second-order valence-electron chi connectivity index (χ2n) is 6.78. The van der Waals surface area contributed by atoms with Crippen molar-refractivity contribution in [1.29, 1.82) is 0 Å². The first-order valence-corrected chi connectivity index (χ1v) is 8.89. The lowest BCUT2D eigenvalue weighted by Gasteiger charge is -2.24. The molecule has 0 unspecified atom stereocenters. The number of ether oxygens (including phenoxy) is 2. The summed E-state index contributed by atoms with van der Waals surface area (Å²) in [5.74, 6) is 2.03. The van der Waals surface area contributed by atoms with Gasteiger partial charge in [0.25, 0.3) is 0 Å². The molecule has 2 fully saturated rings. The topological polar surface area (TPSA) is 67.9 Å². The quantitative estimate of drug-likeness (QED) is 0.742. The third-order valence-electron chi connectivity index (χ3n) is 4.72. The average Bonchev–Trinajstić information content (AvgIpc) is 3.51. The van der Waals surface area contributed by atoms with E-state index in [0.717, 1.165) is 37.0 Å². The molecule has 6 heteroatoms. The zero-order valence-electron chi connectivity index (χ0n) is 14.9. The van der Waals surface area contributed by atoms with Crippen LogP contribution in [0.5, 0.6) is 11.5 Å². The van der Waals surface area contributed by atoms with Crippen LogP contribution in [-0.4, -0.2) is 44.0 Å². The second kappa shape index (κ2) is 7.76. The van der Waals surface area contributed by atoms with Crippen molar-refractivity contribution in [2.75, 3.05) is 27.3 Å². The molecule has 0 spiro atoms. The number of benzene rings is 1. The van der Waals surface area contributed by atoms with Crippen LogP contribution in [-0.2, 0) is 16.1 Å². The lowest BCUT2D eigenvalue weighted by molar-refractivity contribution is -0.133. The summed E-state index contributed by atoms with van der Waals surface area (Å²) in [4.78, 5) is 26.2. The molecule has 25 heavy (non-hydrogen) atoms. The van der Waals surface area contributed by atoms with Gasteiger partial charge < -0.3 is 19.7 Å². The van der Waals surface area contributed by atoms with Gasteiger partial charge in [0.15, 0.2) is 0 Å². The van der Waals surface area contributed by atoms with Crippen molar-refractivity contribution in [3.63, 3.8) is 0 Å². The Morgan fingerprint density at radius 2 is 1.84 bits per heavy atom. The van der Waals surface area contributed by atoms with Crippen molar-refractivity contribution in [2.45, 2.75) is 32.2 Å². The molecule has 0 bridgehead atoms. The summed E-state index contributed by atoms with van der Waals surface area (Å²) in [6.45, 7) is 1.48. The lowest BCUT2D eigenvalue weighted by Crippen LogP contribution is -2.39. The van der Waals surface area contributed by atoms with E-state index < -0.39 is 0 Å². The Morgan fingerprint density at radius 1 is 1.12 bits per heavy atom. The van der Waals surface area contributed by atoms with Gasteiger partial charge in [-0.15, -0.1) is 0 Å². The van der Waals surface area contributed by atoms with E-state index in [9.17, 15) is 9.59 Å². The molecule has 1 N–H and O–H groups in total. The van der Waals surface area contributed by atoms with Crippen molar-refractivity contribution < 1.29 is 19.1 Å². The summed E-state index contributed by atoms with van der Waals surface area (Å²) in [5, 5.41) is 2.94. The summed E-state index contributed by atoms with van der Waals surface area (Å²) in [7, 11) is 3.22. The van der Waals surface area contributed by atoms with E-state index in [-0.39, 0.29) is 23.7 Å². The van der Waals surface area contributed by atoms with Crippen LogP contribution in [0.4, 0.5) is 0 Å². The van der Waals surface area contributed by atoms with E-state index in [2.05, 4.69) is 5.32 Å². The first-order valence-electron chi connectivity index (χ1n) is 8.89. The molecular weight excluding hydrogens is 320 g/mol. The lowest BCUT2D eigenvalue weighted by atomic mass is 10.1. The van der Waals surface area contributed by atoms with Gasteiger partial charge in [-0.3, -0.25) is 9.59 Å². The number of rotatable bonds is 9. The van der Waals surface area contributed by atoms with Crippen molar-refractivity contribution in [2.24, 2.45) is 11.8 Å². The Bertz CT molecular complexity index is 638. The molecule has 2 saturated carbocycles. The first kappa shape index (κ1) is 17.6. The molecule has 6 nitrogen and oxygen atoms in total. The smallest absolute Gasteiger partial charge is 0.226 e. The van der Waals surface area contributed by atoms with Gasteiger partial charge in [0.05, 0.1) is 14.2 Å². The van der Waals surface area contributed by atoms with Crippen LogP contribution in [0.3, 0.4) is 0 Å². The predicted octanol–water partition coefficient (Wildman–Crippen LogP) is 1.97. The van der Waals surface area contributed by atoms with Crippen molar-refractivity contribution in [3.05, 3.63) is 23.8 Å². The minimum absolute atomic E-state index is 0.112. The number of carbonyl (C=O) groups is 2. The Morgan fingerprint density at radius 3 is 2.44 bits per heavy atom. The number of amides is 2. The van der Waals surface area contributed by atoms with Crippen LogP contribution in [0.1, 0.15) is 31.2 Å².